The molecule has 0 unspecified atom stereocenters. The summed E-state index contributed by atoms with van der Waals surface area (Å²) in [5, 5.41) is 3.80. The zero-order valence-corrected chi connectivity index (χ0v) is 21.5. The summed E-state index contributed by atoms with van der Waals surface area (Å²) in [6.07, 6.45) is 0.233. The van der Waals surface area contributed by atoms with Crippen molar-refractivity contribution in [1.29, 1.82) is 0 Å². The molecule has 38 heavy (non-hydrogen) atoms. The molecular weight excluding hydrogens is 498 g/mol. The van der Waals surface area contributed by atoms with Crippen LogP contribution in [0.4, 0.5) is 0 Å². The highest BCUT2D eigenvalue weighted by atomic mass is 16.6. The molecule has 0 radical (unpaired) electrons. The largest absolute Gasteiger partial charge is 0.463 e. The third-order valence-electron chi connectivity index (χ3n) is 5.76. The van der Waals surface area contributed by atoms with Crippen molar-refractivity contribution in [2.45, 2.75) is 52.2 Å². The van der Waals surface area contributed by atoms with E-state index in [0.717, 1.165) is 27.0 Å². The molecule has 4 atom stereocenters. The fourth-order valence-electron chi connectivity index (χ4n) is 3.94. The van der Waals surface area contributed by atoms with Crippen LogP contribution in [0.3, 0.4) is 0 Å². The van der Waals surface area contributed by atoms with Crippen LogP contribution in [0.1, 0.15) is 41.6 Å². The lowest BCUT2D eigenvalue weighted by Crippen LogP contribution is -2.43. The van der Waals surface area contributed by atoms with Crippen LogP contribution in [0.5, 0.6) is 0 Å². The van der Waals surface area contributed by atoms with Crippen LogP contribution in [0, 0.1) is 13.8 Å². The van der Waals surface area contributed by atoms with Gasteiger partial charge in [0.05, 0.1) is 18.2 Å². The first-order chi connectivity index (χ1) is 18.2. The van der Waals surface area contributed by atoms with E-state index in [2.05, 4.69) is 10.0 Å². The molecule has 202 valence electrons. The summed E-state index contributed by atoms with van der Waals surface area (Å²) >= 11 is 0. The van der Waals surface area contributed by atoms with E-state index in [9.17, 15) is 24.7 Å². The van der Waals surface area contributed by atoms with Crippen molar-refractivity contribution in [2.75, 3.05) is 19.8 Å². The zero-order chi connectivity index (χ0) is 27.8. The molecule has 1 saturated heterocycles. The number of benzene rings is 1. The first-order valence-electron chi connectivity index (χ1n) is 12.0. The molecule has 0 N–H and O–H groups in total. The van der Waals surface area contributed by atoms with Crippen molar-refractivity contribution >= 4 is 18.1 Å². The van der Waals surface area contributed by atoms with E-state index in [1.54, 1.807) is 38.1 Å². The summed E-state index contributed by atoms with van der Waals surface area (Å²) in [7, 11) is 0. The van der Waals surface area contributed by atoms with Crippen LogP contribution >= 0.6 is 0 Å². The van der Waals surface area contributed by atoms with Crippen molar-refractivity contribution in [1.82, 2.24) is 9.13 Å². The van der Waals surface area contributed by atoms with Crippen LogP contribution < -0.4 is 11.2 Å². The van der Waals surface area contributed by atoms with Gasteiger partial charge in [-0.05, 0) is 45.4 Å². The van der Waals surface area contributed by atoms with Gasteiger partial charge in [0.15, 0.2) is 6.23 Å². The van der Waals surface area contributed by atoms with Gasteiger partial charge in [0.2, 0.25) is 0 Å². The Hall–Kier alpha value is -4.19. The van der Waals surface area contributed by atoms with Gasteiger partial charge in [-0.25, -0.2) is 19.0 Å². The Morgan fingerprint density at radius 2 is 1.84 bits per heavy atom. The number of hydrogen-bond donors (Lipinski definition) is 0. The van der Waals surface area contributed by atoms with Crippen molar-refractivity contribution in [3.8, 4) is 0 Å². The second-order valence-electron chi connectivity index (χ2n) is 8.39. The molecule has 2 aromatic rings. The van der Waals surface area contributed by atoms with Gasteiger partial charge in [0.1, 0.15) is 18.8 Å². The minimum atomic E-state index is -1.14. The summed E-state index contributed by atoms with van der Waals surface area (Å²) in [4.78, 5) is 53.1. The van der Waals surface area contributed by atoms with Crippen molar-refractivity contribution in [3.63, 3.8) is 0 Å². The maximum absolute atomic E-state index is 13.3. The summed E-state index contributed by atoms with van der Waals surface area (Å²) in [6.45, 7) is 6.74. The molecule has 0 aliphatic carbocycles. The molecule has 1 fully saturated rings. The predicted molar refractivity (Wildman–Crippen MR) is 135 cm³/mol. The Kier molecular flexibility index (Phi) is 9.61. The number of nitrogens with zero attached hydrogens (tertiary/aromatic N) is 5. The van der Waals surface area contributed by atoms with E-state index >= 15 is 0 Å². The minimum Gasteiger partial charge on any atom is -0.463 e. The van der Waals surface area contributed by atoms with Gasteiger partial charge in [0, 0.05) is 35.6 Å². The number of aryl methyl sites for hydroxylation is 2. The number of azide groups is 1. The topological polar surface area (TPSA) is 164 Å². The fourth-order valence-corrected chi connectivity index (χ4v) is 3.94. The van der Waals surface area contributed by atoms with Crippen molar-refractivity contribution < 1.29 is 28.5 Å². The van der Waals surface area contributed by atoms with Gasteiger partial charge in [-0.15, -0.1) is 0 Å². The Bertz CT molecular complexity index is 1360. The van der Waals surface area contributed by atoms with Gasteiger partial charge >= 0.3 is 17.6 Å². The van der Waals surface area contributed by atoms with Crippen LogP contribution in [0.25, 0.3) is 16.6 Å². The van der Waals surface area contributed by atoms with Gasteiger partial charge in [-0.2, -0.15) is 0 Å². The van der Waals surface area contributed by atoms with Gasteiger partial charge in [-0.3, -0.25) is 9.36 Å². The second kappa shape index (κ2) is 12.9. The first-order valence-corrected chi connectivity index (χ1v) is 12.0. The molecule has 1 aromatic heterocycles. The van der Waals surface area contributed by atoms with Crippen molar-refractivity contribution in [2.24, 2.45) is 5.11 Å². The Labute approximate surface area is 217 Å². The molecule has 13 heteroatoms. The Morgan fingerprint density at radius 1 is 1.13 bits per heavy atom. The minimum absolute atomic E-state index is 0.124. The van der Waals surface area contributed by atoms with Crippen LogP contribution in [0.2, 0.25) is 0 Å². The average Bonchev–Trinajstić information content (AvgIpc) is 3.22. The third-order valence-corrected chi connectivity index (χ3v) is 5.76. The molecule has 0 amide bonds. The number of carbonyl (C=O) groups excluding carboxylic acids is 2. The van der Waals surface area contributed by atoms with Gasteiger partial charge in [0.25, 0.3) is 5.56 Å². The highest BCUT2D eigenvalue weighted by Gasteiger charge is 2.47. The molecule has 3 rings (SSSR count). The molecular formula is C25H29N5O8. The van der Waals surface area contributed by atoms with E-state index in [1.807, 2.05) is 6.92 Å². The average molecular weight is 528 g/mol. The predicted octanol–water partition coefficient (Wildman–Crippen LogP) is 2.50. The lowest BCUT2D eigenvalue weighted by molar-refractivity contribution is -0.137. The first kappa shape index (κ1) is 28.4. The van der Waals surface area contributed by atoms with E-state index < -0.39 is 47.7 Å². The fraction of sp³-hybridized carbons (Fsp3) is 0.440. The van der Waals surface area contributed by atoms with E-state index in [0.29, 0.717) is 5.56 Å². The highest BCUT2D eigenvalue weighted by Crippen LogP contribution is 2.33. The Balaban J connectivity index is 1.95. The van der Waals surface area contributed by atoms with E-state index in [4.69, 9.17) is 18.9 Å². The van der Waals surface area contributed by atoms with E-state index in [-0.39, 0.29) is 25.4 Å². The Morgan fingerprint density at radius 3 is 2.47 bits per heavy atom. The van der Waals surface area contributed by atoms with Crippen LogP contribution in [-0.2, 0) is 23.7 Å². The molecule has 0 bridgehead atoms. The van der Waals surface area contributed by atoms with E-state index in [1.165, 1.54) is 13.1 Å². The van der Waals surface area contributed by atoms with Crippen LogP contribution in [0.15, 0.2) is 51.2 Å². The molecule has 1 aliphatic rings. The van der Waals surface area contributed by atoms with Crippen LogP contribution in [-0.4, -0.2) is 59.1 Å². The SMILES string of the molecule is CCOC(=O)/C=C/n1c(=O)c(C)cn([C@@H]2O[C@H](COC(=O)c3ccc(C)cc3)[C@@H](N=[N+]=[N-])[C@H]2OCC)c1=O. The standard InChI is InChI=1S/C25H29N5O8/c1-5-35-19(31)11-12-29-22(32)16(4)13-30(25(29)34)23-21(36-6-2)20(27-28-26)18(38-23)14-37-24(33)17-9-7-15(3)8-10-17/h7-13,18,20-21,23H,5-6,14H2,1-4H3/b12-11+/t18-,20-,21-,23-/m1/s1. The number of aromatic nitrogens is 2. The molecule has 13 nitrogen and oxygen atoms in total. The third kappa shape index (κ3) is 6.38. The lowest BCUT2D eigenvalue weighted by atomic mass is 10.1. The zero-order valence-electron chi connectivity index (χ0n) is 21.5. The quantitative estimate of drug-likeness (QED) is 0.149. The summed E-state index contributed by atoms with van der Waals surface area (Å²) in [5.41, 5.74) is 9.20. The molecule has 0 saturated carbocycles. The highest BCUT2D eigenvalue weighted by molar-refractivity contribution is 5.89. The smallest absolute Gasteiger partial charge is 0.338 e. The number of esters is 2. The number of ether oxygens (including phenoxy) is 4. The normalized spacial score (nSPS) is 20.7. The molecule has 0 spiro atoms. The summed E-state index contributed by atoms with van der Waals surface area (Å²) < 4.78 is 23.9. The molecule has 2 heterocycles. The monoisotopic (exact) mass is 527 g/mol. The maximum Gasteiger partial charge on any atom is 0.338 e. The second-order valence-corrected chi connectivity index (χ2v) is 8.39. The number of rotatable bonds is 10. The van der Waals surface area contributed by atoms with Gasteiger partial charge in [-0.1, -0.05) is 22.8 Å². The number of carbonyl (C=O) groups is 2. The van der Waals surface area contributed by atoms with Gasteiger partial charge < -0.3 is 18.9 Å². The summed E-state index contributed by atoms with van der Waals surface area (Å²) in [6, 6.07) is 5.83. The van der Waals surface area contributed by atoms with Crippen molar-refractivity contribution in [3.05, 3.63) is 84.5 Å². The number of hydrogen-bond acceptors (Lipinski definition) is 9. The molecule has 1 aliphatic heterocycles. The summed E-state index contributed by atoms with van der Waals surface area (Å²) in [5.74, 6) is -1.33. The molecule has 1 aromatic carbocycles. The maximum atomic E-state index is 13.3. The lowest BCUT2D eigenvalue weighted by Gasteiger charge is -2.23.